The Kier molecular flexibility index (Phi) is 11.5. The number of carbonyl (C=O) groups excluding carboxylic acids is 1. The highest BCUT2D eigenvalue weighted by Gasteiger charge is 2.60. The first kappa shape index (κ1) is 42.5. The molecule has 0 aromatic heterocycles. The molecule has 3 aromatic rings. The normalized spacial score (nSPS) is 27.7. The molecule has 0 bridgehead atoms. The number of ether oxygens (including phenoxy) is 7. The van der Waals surface area contributed by atoms with Crippen LogP contribution in [0.5, 0.6) is 28.7 Å². The third-order valence-electron chi connectivity index (χ3n) is 12.3. The van der Waals surface area contributed by atoms with Crippen molar-refractivity contribution in [3.05, 3.63) is 99.9 Å². The Bertz CT molecular complexity index is 2360. The number of rotatable bonds is 14. The first-order chi connectivity index (χ1) is 30.4. The summed E-state index contributed by atoms with van der Waals surface area (Å²) in [7, 11) is 0. The quantitative estimate of drug-likeness (QED) is 0.0618. The molecule has 63 heavy (non-hydrogen) atoms. The summed E-state index contributed by atoms with van der Waals surface area (Å²) in [5, 5.41) is 64.0. The van der Waals surface area contributed by atoms with Gasteiger partial charge in [-0.15, -0.1) is 0 Å². The number of carbonyl (C=O) groups is 2. The van der Waals surface area contributed by atoms with E-state index < -0.39 is 85.8 Å². The van der Waals surface area contributed by atoms with Gasteiger partial charge < -0.3 is 80.2 Å². The van der Waals surface area contributed by atoms with Gasteiger partial charge in [0.05, 0.1) is 24.4 Å². The number of esters is 1. The zero-order chi connectivity index (χ0) is 44.2. The topological polar surface area (TPSA) is 288 Å². The second-order valence-corrected chi connectivity index (χ2v) is 16.3. The minimum atomic E-state index is -2.24. The summed E-state index contributed by atoms with van der Waals surface area (Å²) in [4.78, 5) is 30.3. The summed E-state index contributed by atoms with van der Waals surface area (Å²) in [5.41, 5.74) is 15.3. The van der Waals surface area contributed by atoms with Crippen molar-refractivity contribution in [3.63, 3.8) is 0 Å². The van der Waals surface area contributed by atoms with E-state index in [2.05, 4.69) is 9.89 Å². The van der Waals surface area contributed by atoms with Gasteiger partial charge in [-0.3, -0.25) is 14.6 Å². The lowest BCUT2D eigenvalue weighted by Gasteiger charge is -2.48. The van der Waals surface area contributed by atoms with Gasteiger partial charge in [-0.05, 0) is 36.1 Å². The number of aliphatic imine (C=N–C) groups is 1. The molecule has 6 aliphatic heterocycles. The number of carboxylic acid groups (broad SMARTS) is 1. The fourth-order valence-electron chi connectivity index (χ4n) is 9.49. The highest BCUT2D eigenvalue weighted by molar-refractivity contribution is 5.90. The van der Waals surface area contributed by atoms with Crippen LogP contribution in [0.2, 0.25) is 0 Å². The Balaban J connectivity index is 1.16. The molecule has 0 aliphatic carbocycles. The Morgan fingerprint density at radius 2 is 1.84 bits per heavy atom. The fourth-order valence-corrected chi connectivity index (χ4v) is 9.49. The second-order valence-electron chi connectivity index (χ2n) is 16.3. The van der Waals surface area contributed by atoms with Gasteiger partial charge in [0.2, 0.25) is 12.0 Å². The molecule has 0 spiro atoms. The molecular weight excluding hydrogens is 824 g/mol. The van der Waals surface area contributed by atoms with Gasteiger partial charge in [0, 0.05) is 60.3 Å². The monoisotopic (exact) mass is 872 g/mol. The lowest BCUT2D eigenvalue weighted by Crippen LogP contribution is -2.71. The molecule has 9 atom stereocenters. The third-order valence-corrected chi connectivity index (χ3v) is 12.3. The highest BCUT2D eigenvalue weighted by atomic mass is 16.7. The number of aliphatic carboxylic acids is 1. The predicted molar refractivity (Wildman–Crippen MR) is 218 cm³/mol. The predicted octanol–water partition coefficient (Wildman–Crippen LogP) is 0.408. The maximum Gasteiger partial charge on any atom is 0.317 e. The van der Waals surface area contributed by atoms with Crippen LogP contribution in [0.3, 0.4) is 0 Å². The van der Waals surface area contributed by atoms with E-state index >= 15 is 0 Å². The number of carboxylic acids is 1. The molecule has 6 heterocycles. The summed E-state index contributed by atoms with van der Waals surface area (Å²) in [6.07, 6.45) is -6.67. The Labute approximate surface area is 360 Å². The maximum atomic E-state index is 12.5. The summed E-state index contributed by atoms with van der Waals surface area (Å²) < 4.78 is 43.6. The molecule has 1 fully saturated rings. The molecule has 3 aromatic carbocycles. The van der Waals surface area contributed by atoms with Crippen LogP contribution in [-0.2, 0) is 38.4 Å². The second kappa shape index (κ2) is 17.1. The smallest absolute Gasteiger partial charge is 0.317 e. The SMILES string of the molecule is NC(N)[C@H](OC(=O)CC(=O)O)[C@H]1O[C@H]2Oc3cc4c(c(CN5C=C6N=CC=C6C5)c3CC[C@@]2(O)[C@@H](O)[C@@H]1O)[C@@H]1Oc2c(ccc(OCO)c2OCCO)[C@@H]1[C@H](Cc1ccccc1)O4. The number of allylic oxidation sites excluding steroid dienone is 1. The number of nitrogens with zero attached hydrogens (tertiary/aromatic N) is 2. The van der Waals surface area contributed by atoms with Crippen molar-refractivity contribution in [1.29, 1.82) is 0 Å². The highest BCUT2D eigenvalue weighted by Crippen LogP contribution is 2.60. The largest absolute Gasteiger partial charge is 0.489 e. The van der Waals surface area contributed by atoms with E-state index in [1.807, 2.05) is 48.7 Å². The van der Waals surface area contributed by atoms with E-state index in [9.17, 15) is 35.1 Å². The van der Waals surface area contributed by atoms with Crippen molar-refractivity contribution in [2.45, 2.75) is 92.8 Å². The minimum Gasteiger partial charge on any atom is -0.489 e. The lowest BCUT2D eigenvalue weighted by molar-refractivity contribution is -0.329. The van der Waals surface area contributed by atoms with E-state index in [0.717, 1.165) is 28.0 Å². The number of aliphatic hydroxyl groups excluding tert-OH is 4. The van der Waals surface area contributed by atoms with Gasteiger partial charge >= 0.3 is 11.9 Å². The van der Waals surface area contributed by atoms with Crippen molar-refractivity contribution in [2.24, 2.45) is 16.5 Å². The number of benzene rings is 3. The average molecular weight is 873 g/mol. The molecular formula is C44H48N4O15. The van der Waals surface area contributed by atoms with Gasteiger partial charge in [0.25, 0.3) is 0 Å². The van der Waals surface area contributed by atoms with Crippen molar-refractivity contribution < 1.29 is 73.4 Å². The van der Waals surface area contributed by atoms with Crippen molar-refractivity contribution in [2.75, 3.05) is 26.6 Å². The first-order valence-electron chi connectivity index (χ1n) is 20.6. The van der Waals surface area contributed by atoms with Crippen molar-refractivity contribution >= 4 is 18.2 Å². The van der Waals surface area contributed by atoms with Crippen LogP contribution in [0.1, 0.15) is 52.7 Å². The van der Waals surface area contributed by atoms with Crippen molar-refractivity contribution in [3.8, 4) is 28.7 Å². The molecule has 0 unspecified atom stereocenters. The van der Waals surface area contributed by atoms with Crippen LogP contribution in [-0.4, -0.2) is 129 Å². The summed E-state index contributed by atoms with van der Waals surface area (Å²) in [5.74, 6) is -1.70. The van der Waals surface area contributed by atoms with Gasteiger partial charge in [0.1, 0.15) is 55.0 Å². The summed E-state index contributed by atoms with van der Waals surface area (Å²) in [6, 6.07) is 15.0. The molecule has 19 heteroatoms. The molecule has 9 rings (SSSR count). The van der Waals surface area contributed by atoms with Crippen LogP contribution in [0, 0.1) is 0 Å². The molecule has 19 nitrogen and oxygen atoms in total. The van der Waals surface area contributed by atoms with Crippen LogP contribution < -0.4 is 35.2 Å². The van der Waals surface area contributed by atoms with Gasteiger partial charge in [-0.1, -0.05) is 36.4 Å². The molecule has 6 aliphatic rings. The number of hydrogen-bond donors (Lipinski definition) is 8. The Hall–Kier alpha value is -5.77. The number of fused-ring (bicyclic) bond motifs is 8. The van der Waals surface area contributed by atoms with E-state index in [1.54, 1.807) is 18.3 Å². The zero-order valence-corrected chi connectivity index (χ0v) is 33.8. The van der Waals surface area contributed by atoms with E-state index in [-0.39, 0.29) is 49.8 Å². The Morgan fingerprint density at radius 1 is 1.03 bits per heavy atom. The average Bonchev–Trinajstić information content (AvgIpc) is 3.94. The zero-order valence-electron chi connectivity index (χ0n) is 33.8. The molecule has 1 saturated heterocycles. The number of aliphatic hydroxyl groups is 5. The Morgan fingerprint density at radius 3 is 2.57 bits per heavy atom. The lowest BCUT2D eigenvalue weighted by atomic mass is 9.78. The third kappa shape index (κ3) is 7.73. The molecule has 10 N–H and O–H groups in total. The van der Waals surface area contributed by atoms with Crippen LogP contribution in [0.4, 0.5) is 0 Å². The standard InChI is InChI=1S/C44H48N4O15/c45-42(46)40(61-32(53)16-31(51)52)39-35(54)41(55)44(56)10-8-23-25(18-48-17-22-9-11-47-26(22)19-48)34-30(15-28(23)60-43(44)63-39)59-29(14-21-4-2-1-3-5-21)33-24-6-7-27(58-20-50)37(57-13-12-49)36(24)62-38(33)34/h1-7,9,11,15,19,29,33,35,38-43,49-50,54-56H,8,10,12-14,16-18,20,45-46H2,(H,51,52)/t29-,33+,35+,38+,39-,40+,41-,43+,44+/m0/s1. The van der Waals surface area contributed by atoms with Crippen molar-refractivity contribution in [1.82, 2.24) is 4.90 Å². The number of nitrogens with two attached hydrogens (primary N) is 2. The first-order valence-corrected chi connectivity index (χ1v) is 20.6. The van der Waals surface area contributed by atoms with Gasteiger partial charge in [-0.25, -0.2) is 0 Å². The van der Waals surface area contributed by atoms with Crippen LogP contribution in [0.15, 0.2) is 77.1 Å². The van der Waals surface area contributed by atoms with Crippen LogP contribution in [0.25, 0.3) is 0 Å². The van der Waals surface area contributed by atoms with E-state index in [4.69, 9.17) is 49.7 Å². The number of hydrogen-bond acceptors (Lipinski definition) is 18. The summed E-state index contributed by atoms with van der Waals surface area (Å²) in [6.45, 7) is -0.184. The minimum absolute atomic E-state index is 0.0776. The fraction of sp³-hybridized carbons (Fsp3) is 0.432. The molecule has 334 valence electrons. The molecule has 0 radical (unpaired) electrons. The van der Waals surface area contributed by atoms with Gasteiger partial charge in [-0.2, -0.15) is 0 Å². The van der Waals surface area contributed by atoms with E-state index in [1.165, 1.54) is 0 Å². The van der Waals surface area contributed by atoms with Crippen LogP contribution >= 0.6 is 0 Å². The van der Waals surface area contributed by atoms with E-state index in [0.29, 0.717) is 35.6 Å². The maximum absolute atomic E-state index is 12.5. The summed E-state index contributed by atoms with van der Waals surface area (Å²) >= 11 is 0. The van der Waals surface area contributed by atoms with Gasteiger partial charge in [0.15, 0.2) is 30.0 Å². The molecule has 0 saturated carbocycles. The molecule has 0 amide bonds.